The summed E-state index contributed by atoms with van der Waals surface area (Å²) in [4.78, 5) is 58.4. The van der Waals surface area contributed by atoms with Gasteiger partial charge in [-0.2, -0.15) is 0 Å². The van der Waals surface area contributed by atoms with Crippen LogP contribution in [-0.4, -0.2) is 84.4 Å². The Balaban J connectivity index is 1.29. The van der Waals surface area contributed by atoms with E-state index in [9.17, 15) is 23.6 Å². The van der Waals surface area contributed by atoms with Crippen molar-refractivity contribution in [2.24, 2.45) is 17.8 Å². The number of piperidine rings is 1. The lowest BCUT2D eigenvalue weighted by Crippen LogP contribution is -2.48. The zero-order valence-corrected chi connectivity index (χ0v) is 22.3. The summed E-state index contributed by atoms with van der Waals surface area (Å²) in [7, 11) is 3.37. The Morgan fingerprint density at radius 1 is 1.27 bits per heavy atom. The highest BCUT2D eigenvalue weighted by atomic mass is 19.1. The first-order valence-corrected chi connectivity index (χ1v) is 13.2. The second-order valence-electron chi connectivity index (χ2n) is 10.5. The molecule has 0 bridgehead atoms. The number of carbonyl (C=O) groups excluding carboxylic acids is 4. The average Bonchev–Trinajstić information content (AvgIpc) is 3.41. The standard InChI is InChI=1S/C28H31FN6O5/c1-34-10-6-18(7-11-34)24(36)31-20-13-17(14-30-15-20)5-8-28(26(38)32-27(39)33-28)9-12-35-16-19-3-4-21(40-2)23(29)22(19)25(35)37/h3-4,13-15,18-19,22H,6-7,9-12,16H2,1-2H3,(H,31,36)(H2,32,33,38,39). The number of anilines is 1. The summed E-state index contributed by atoms with van der Waals surface area (Å²) >= 11 is 0. The molecule has 5 amide bonds. The number of aromatic nitrogens is 1. The van der Waals surface area contributed by atoms with Crippen LogP contribution < -0.4 is 16.0 Å². The lowest BCUT2D eigenvalue weighted by Gasteiger charge is -2.28. The minimum absolute atomic E-state index is 0.00504. The van der Waals surface area contributed by atoms with E-state index in [1.165, 1.54) is 30.5 Å². The minimum Gasteiger partial charge on any atom is -0.494 e. The molecule has 1 aromatic rings. The van der Waals surface area contributed by atoms with Gasteiger partial charge in [0.15, 0.2) is 17.1 Å². The Morgan fingerprint density at radius 3 is 2.75 bits per heavy atom. The lowest BCUT2D eigenvalue weighted by atomic mass is 9.89. The van der Waals surface area contributed by atoms with Crippen LogP contribution in [0.15, 0.2) is 42.2 Å². The molecule has 40 heavy (non-hydrogen) atoms. The van der Waals surface area contributed by atoms with E-state index in [1.807, 2.05) is 7.05 Å². The van der Waals surface area contributed by atoms with E-state index in [4.69, 9.17) is 4.74 Å². The van der Waals surface area contributed by atoms with Crippen LogP contribution in [0.4, 0.5) is 14.9 Å². The van der Waals surface area contributed by atoms with Crippen molar-refractivity contribution in [3.63, 3.8) is 0 Å². The SMILES string of the molecule is COC1=C(F)C2C(=O)N(CCC3(C#Cc4cncc(NC(=O)C5CCN(C)CC5)c4)NC(=O)NC3=O)CC2C=C1. The van der Waals surface area contributed by atoms with Gasteiger partial charge in [0.2, 0.25) is 11.8 Å². The van der Waals surface area contributed by atoms with E-state index in [0.29, 0.717) is 11.3 Å². The van der Waals surface area contributed by atoms with Crippen LogP contribution in [0.25, 0.3) is 0 Å². The van der Waals surface area contributed by atoms with Gasteiger partial charge in [-0.3, -0.25) is 24.7 Å². The summed E-state index contributed by atoms with van der Waals surface area (Å²) in [5.74, 6) is 2.65. The highest BCUT2D eigenvalue weighted by Crippen LogP contribution is 2.38. The first-order chi connectivity index (χ1) is 19.2. The number of nitrogens with one attached hydrogen (secondary N) is 3. The van der Waals surface area contributed by atoms with Crippen LogP contribution in [0.3, 0.4) is 0 Å². The largest absolute Gasteiger partial charge is 0.494 e. The normalized spacial score (nSPS) is 26.7. The Bertz CT molecular complexity index is 1360. The number of urea groups is 1. The van der Waals surface area contributed by atoms with Crippen LogP contribution in [0.1, 0.15) is 24.8 Å². The number of halogens is 1. The van der Waals surface area contributed by atoms with Gasteiger partial charge >= 0.3 is 6.03 Å². The van der Waals surface area contributed by atoms with Crippen molar-refractivity contribution in [2.45, 2.75) is 24.8 Å². The molecule has 4 heterocycles. The van der Waals surface area contributed by atoms with Crippen molar-refractivity contribution < 1.29 is 28.3 Å². The molecule has 12 heteroatoms. The maximum absolute atomic E-state index is 14.8. The fraction of sp³-hybridized carbons (Fsp3) is 0.464. The van der Waals surface area contributed by atoms with Crippen molar-refractivity contribution in [2.75, 3.05) is 45.7 Å². The van der Waals surface area contributed by atoms with Gasteiger partial charge in [-0.25, -0.2) is 9.18 Å². The number of rotatable bonds is 6. The summed E-state index contributed by atoms with van der Waals surface area (Å²) in [6.45, 7) is 2.06. The molecule has 0 aromatic carbocycles. The molecule has 11 nitrogen and oxygen atoms in total. The molecular weight excluding hydrogens is 519 g/mol. The third-order valence-electron chi connectivity index (χ3n) is 7.87. The number of methoxy groups -OCH3 is 1. The summed E-state index contributed by atoms with van der Waals surface area (Å²) in [5.41, 5.74) is -0.684. The lowest BCUT2D eigenvalue weighted by molar-refractivity contribution is -0.131. The summed E-state index contributed by atoms with van der Waals surface area (Å²) in [6.07, 6.45) is 7.83. The van der Waals surface area contributed by atoms with Crippen LogP contribution >= 0.6 is 0 Å². The van der Waals surface area contributed by atoms with Crippen LogP contribution in [0, 0.1) is 29.6 Å². The maximum Gasteiger partial charge on any atom is 0.323 e. The van der Waals surface area contributed by atoms with E-state index >= 15 is 0 Å². The van der Waals surface area contributed by atoms with E-state index < -0.39 is 35.1 Å². The zero-order valence-electron chi connectivity index (χ0n) is 22.3. The molecule has 3 fully saturated rings. The van der Waals surface area contributed by atoms with Gasteiger partial charge in [0, 0.05) is 43.1 Å². The number of fused-ring (bicyclic) bond motifs is 1. The molecule has 5 rings (SSSR count). The molecular formula is C28H31FN6O5. The molecule has 3 N–H and O–H groups in total. The number of likely N-dealkylation sites (tertiary alicyclic amines) is 2. The zero-order chi connectivity index (χ0) is 28.4. The van der Waals surface area contributed by atoms with E-state index in [-0.39, 0.29) is 43.0 Å². The number of ether oxygens (including phenoxy) is 1. The second kappa shape index (κ2) is 11.1. The summed E-state index contributed by atoms with van der Waals surface area (Å²) in [5, 5.41) is 7.69. The van der Waals surface area contributed by atoms with Gasteiger partial charge in [0.25, 0.3) is 5.91 Å². The Hall–Kier alpha value is -4.24. The first kappa shape index (κ1) is 27.3. The first-order valence-electron chi connectivity index (χ1n) is 13.2. The molecule has 3 unspecified atom stereocenters. The van der Waals surface area contributed by atoms with Gasteiger partial charge in [0.05, 0.1) is 19.0 Å². The van der Waals surface area contributed by atoms with Gasteiger partial charge in [0.1, 0.15) is 5.92 Å². The number of imide groups is 1. The van der Waals surface area contributed by atoms with Gasteiger partial charge in [-0.15, -0.1) is 0 Å². The molecule has 0 saturated carbocycles. The Kier molecular flexibility index (Phi) is 7.58. The average molecular weight is 551 g/mol. The monoisotopic (exact) mass is 550 g/mol. The predicted molar refractivity (Wildman–Crippen MR) is 142 cm³/mol. The van der Waals surface area contributed by atoms with Gasteiger partial charge in [-0.1, -0.05) is 17.9 Å². The number of pyridine rings is 1. The number of nitrogens with zero attached hydrogens (tertiary/aromatic N) is 3. The molecule has 1 aromatic heterocycles. The van der Waals surface area contributed by atoms with Crippen molar-refractivity contribution in [3.8, 4) is 11.8 Å². The van der Waals surface area contributed by atoms with Gasteiger partial charge < -0.3 is 25.2 Å². The Morgan fingerprint density at radius 2 is 2.05 bits per heavy atom. The fourth-order valence-corrected chi connectivity index (χ4v) is 5.50. The van der Waals surface area contributed by atoms with Crippen molar-refractivity contribution in [3.05, 3.63) is 47.8 Å². The quantitative estimate of drug-likeness (QED) is 0.358. The maximum atomic E-state index is 14.8. The van der Waals surface area contributed by atoms with Crippen LogP contribution in [0.2, 0.25) is 0 Å². The van der Waals surface area contributed by atoms with Gasteiger partial charge in [-0.05, 0) is 45.1 Å². The topological polar surface area (TPSA) is 133 Å². The molecule has 210 valence electrons. The summed E-state index contributed by atoms with van der Waals surface area (Å²) in [6, 6.07) is 0.957. The minimum atomic E-state index is -1.60. The van der Waals surface area contributed by atoms with E-state index in [2.05, 4.69) is 37.7 Å². The predicted octanol–water partition coefficient (Wildman–Crippen LogP) is 1.15. The van der Waals surface area contributed by atoms with Crippen molar-refractivity contribution in [1.82, 2.24) is 25.4 Å². The highest BCUT2D eigenvalue weighted by Gasteiger charge is 2.48. The summed E-state index contributed by atoms with van der Waals surface area (Å²) < 4.78 is 19.8. The van der Waals surface area contributed by atoms with Crippen molar-refractivity contribution in [1.29, 1.82) is 0 Å². The van der Waals surface area contributed by atoms with Crippen LogP contribution in [0.5, 0.6) is 0 Å². The third kappa shape index (κ3) is 5.42. The Labute approximate surface area is 231 Å². The molecule has 3 saturated heterocycles. The van der Waals surface area contributed by atoms with E-state index in [1.54, 1.807) is 12.1 Å². The fourth-order valence-electron chi connectivity index (χ4n) is 5.50. The number of hydrogen-bond donors (Lipinski definition) is 3. The molecule has 0 radical (unpaired) electrons. The van der Waals surface area contributed by atoms with E-state index in [0.717, 1.165) is 25.9 Å². The number of carbonyl (C=O) groups is 4. The number of hydrogen-bond acceptors (Lipinski definition) is 7. The molecule has 4 aliphatic rings. The molecule has 3 aliphatic heterocycles. The smallest absolute Gasteiger partial charge is 0.323 e. The second-order valence-corrected chi connectivity index (χ2v) is 10.5. The number of allylic oxidation sites excluding steroid dienone is 1. The number of amides is 5. The molecule has 3 atom stereocenters. The van der Waals surface area contributed by atoms with Crippen LogP contribution in [-0.2, 0) is 19.1 Å². The van der Waals surface area contributed by atoms with Crippen molar-refractivity contribution >= 4 is 29.4 Å². The third-order valence-corrected chi connectivity index (χ3v) is 7.87. The molecule has 0 spiro atoms. The molecule has 1 aliphatic carbocycles. The highest BCUT2D eigenvalue weighted by molar-refractivity contribution is 6.09.